The quantitative estimate of drug-likeness (QED) is 0.723. The molecule has 21 heavy (non-hydrogen) atoms. The predicted molar refractivity (Wildman–Crippen MR) is 84.7 cm³/mol. The van der Waals surface area contributed by atoms with Crippen LogP contribution in [0.4, 0.5) is 4.79 Å². The molecule has 2 amide bonds. The summed E-state index contributed by atoms with van der Waals surface area (Å²) in [4.78, 5) is 16.4. The summed E-state index contributed by atoms with van der Waals surface area (Å²) >= 11 is 1.67. The van der Waals surface area contributed by atoms with Gasteiger partial charge in [0.1, 0.15) is 0 Å². The van der Waals surface area contributed by atoms with Crippen molar-refractivity contribution in [2.24, 2.45) is 5.92 Å². The molecule has 1 saturated carbocycles. The molecular formula is C15H25N3O2S. The maximum Gasteiger partial charge on any atom is 0.315 e. The summed E-state index contributed by atoms with van der Waals surface area (Å²) in [6, 6.07) is -0.210. The van der Waals surface area contributed by atoms with E-state index in [1.165, 1.54) is 0 Å². The Morgan fingerprint density at radius 3 is 2.81 bits per heavy atom. The molecule has 1 aliphatic rings. The normalized spacial score (nSPS) is 17.6. The molecule has 0 bridgehead atoms. The molecule has 1 fully saturated rings. The van der Waals surface area contributed by atoms with Gasteiger partial charge in [-0.25, -0.2) is 9.78 Å². The lowest BCUT2D eigenvalue weighted by atomic mass is 9.97. The number of aliphatic hydroxyl groups is 1. The Labute approximate surface area is 130 Å². The Hall–Kier alpha value is -1.14. The third kappa shape index (κ3) is 4.41. The summed E-state index contributed by atoms with van der Waals surface area (Å²) in [6.07, 6.45) is 2.89. The summed E-state index contributed by atoms with van der Waals surface area (Å²) in [6.45, 7) is 6.69. The van der Waals surface area contributed by atoms with E-state index in [2.05, 4.69) is 34.8 Å². The van der Waals surface area contributed by atoms with Crippen LogP contribution in [0.2, 0.25) is 0 Å². The summed E-state index contributed by atoms with van der Waals surface area (Å²) in [5.41, 5.74) is 0.534. The molecular weight excluding hydrogens is 286 g/mol. The standard InChI is InChI=1S/C15H25N3O2S/c1-10(2)13-17-12(8-21-13)6-7-16-14(20)18-15(3,9-19)11-4-5-11/h8,10-11,19H,4-7,9H2,1-3H3,(H2,16,18,20). The molecule has 0 saturated heterocycles. The number of amides is 2. The van der Waals surface area contributed by atoms with Crippen LogP contribution in [0.15, 0.2) is 5.38 Å². The number of nitrogens with one attached hydrogen (secondary N) is 2. The first-order chi connectivity index (χ1) is 9.94. The van der Waals surface area contributed by atoms with Gasteiger partial charge in [-0.15, -0.1) is 11.3 Å². The molecule has 1 unspecified atom stereocenters. The van der Waals surface area contributed by atoms with Crippen molar-refractivity contribution in [3.8, 4) is 0 Å². The van der Waals surface area contributed by atoms with E-state index in [1.807, 2.05) is 6.92 Å². The van der Waals surface area contributed by atoms with Gasteiger partial charge < -0.3 is 15.7 Å². The highest BCUT2D eigenvalue weighted by Crippen LogP contribution is 2.39. The predicted octanol–water partition coefficient (Wildman–Crippen LogP) is 2.27. The number of aliphatic hydroxyl groups excluding tert-OH is 1. The molecule has 0 aliphatic heterocycles. The lowest BCUT2D eigenvalue weighted by Crippen LogP contribution is -2.54. The van der Waals surface area contributed by atoms with Gasteiger partial charge in [-0.1, -0.05) is 13.8 Å². The Morgan fingerprint density at radius 1 is 1.57 bits per heavy atom. The molecule has 118 valence electrons. The van der Waals surface area contributed by atoms with Crippen LogP contribution >= 0.6 is 11.3 Å². The van der Waals surface area contributed by atoms with Gasteiger partial charge in [0, 0.05) is 24.3 Å². The van der Waals surface area contributed by atoms with Crippen LogP contribution in [0, 0.1) is 5.92 Å². The molecule has 6 heteroatoms. The number of rotatable bonds is 7. The maximum absolute atomic E-state index is 11.9. The lowest BCUT2D eigenvalue weighted by Gasteiger charge is -2.28. The van der Waals surface area contributed by atoms with Gasteiger partial charge in [-0.05, 0) is 25.7 Å². The molecule has 1 aromatic heterocycles. The number of urea groups is 1. The van der Waals surface area contributed by atoms with E-state index in [9.17, 15) is 9.90 Å². The van der Waals surface area contributed by atoms with Gasteiger partial charge in [0.15, 0.2) is 0 Å². The molecule has 5 nitrogen and oxygen atoms in total. The topological polar surface area (TPSA) is 74.2 Å². The van der Waals surface area contributed by atoms with Gasteiger partial charge in [0.05, 0.1) is 22.8 Å². The molecule has 2 rings (SSSR count). The van der Waals surface area contributed by atoms with Crippen LogP contribution in [0.5, 0.6) is 0 Å². The van der Waals surface area contributed by atoms with Crippen molar-refractivity contribution in [3.05, 3.63) is 16.1 Å². The number of thiazole rings is 1. The van der Waals surface area contributed by atoms with Gasteiger partial charge in [-0.3, -0.25) is 0 Å². The van der Waals surface area contributed by atoms with E-state index >= 15 is 0 Å². The maximum atomic E-state index is 11.9. The molecule has 0 spiro atoms. The van der Waals surface area contributed by atoms with E-state index < -0.39 is 5.54 Å². The largest absolute Gasteiger partial charge is 0.394 e. The first-order valence-electron chi connectivity index (χ1n) is 7.56. The van der Waals surface area contributed by atoms with Gasteiger partial charge in [0.2, 0.25) is 0 Å². The summed E-state index contributed by atoms with van der Waals surface area (Å²) in [5, 5.41) is 18.4. The minimum absolute atomic E-state index is 0.0189. The van der Waals surface area contributed by atoms with Crippen molar-refractivity contribution in [1.82, 2.24) is 15.6 Å². The highest BCUT2D eigenvalue weighted by molar-refractivity contribution is 7.09. The number of carbonyl (C=O) groups is 1. The van der Waals surface area contributed by atoms with Gasteiger partial charge in [0.25, 0.3) is 0 Å². The summed E-state index contributed by atoms with van der Waals surface area (Å²) in [5.74, 6) is 0.851. The molecule has 3 N–H and O–H groups in total. The average molecular weight is 311 g/mol. The van der Waals surface area contributed by atoms with E-state index in [4.69, 9.17) is 0 Å². The van der Waals surface area contributed by atoms with Crippen LogP contribution in [-0.2, 0) is 6.42 Å². The Bertz CT molecular complexity index is 485. The zero-order valence-electron chi connectivity index (χ0n) is 13.0. The van der Waals surface area contributed by atoms with Crippen molar-refractivity contribution in [2.75, 3.05) is 13.2 Å². The van der Waals surface area contributed by atoms with Crippen LogP contribution in [-0.4, -0.2) is 34.8 Å². The Kier molecular flexibility index (Phi) is 5.22. The zero-order chi connectivity index (χ0) is 15.5. The minimum atomic E-state index is -0.491. The number of carbonyl (C=O) groups excluding carboxylic acids is 1. The van der Waals surface area contributed by atoms with Gasteiger partial charge in [-0.2, -0.15) is 0 Å². The number of hydrogen-bond acceptors (Lipinski definition) is 4. The molecule has 0 aromatic carbocycles. The Balaban J connectivity index is 1.73. The third-order valence-electron chi connectivity index (χ3n) is 3.94. The summed E-state index contributed by atoms with van der Waals surface area (Å²) < 4.78 is 0. The molecule has 1 heterocycles. The highest BCUT2D eigenvalue weighted by atomic mass is 32.1. The first kappa shape index (κ1) is 16.2. The van der Waals surface area contributed by atoms with Crippen LogP contribution in [0.25, 0.3) is 0 Å². The monoisotopic (exact) mass is 311 g/mol. The van der Waals surface area contributed by atoms with Crippen molar-refractivity contribution in [1.29, 1.82) is 0 Å². The molecule has 1 aromatic rings. The van der Waals surface area contributed by atoms with Crippen molar-refractivity contribution >= 4 is 17.4 Å². The zero-order valence-corrected chi connectivity index (χ0v) is 13.8. The SMILES string of the molecule is CC(C)c1nc(CCNC(=O)NC(C)(CO)C2CC2)cs1. The Morgan fingerprint density at radius 2 is 2.29 bits per heavy atom. The second-order valence-corrected chi connectivity index (χ2v) is 7.20. The van der Waals surface area contributed by atoms with Crippen molar-refractivity contribution < 1.29 is 9.90 Å². The fraction of sp³-hybridized carbons (Fsp3) is 0.733. The second kappa shape index (κ2) is 6.75. The van der Waals surface area contributed by atoms with Crippen molar-refractivity contribution in [3.63, 3.8) is 0 Å². The number of aromatic nitrogens is 1. The third-order valence-corrected chi connectivity index (χ3v) is 5.13. The first-order valence-corrected chi connectivity index (χ1v) is 8.43. The van der Waals surface area contributed by atoms with Crippen LogP contribution < -0.4 is 10.6 Å². The highest BCUT2D eigenvalue weighted by Gasteiger charge is 2.42. The van der Waals surface area contributed by atoms with Crippen LogP contribution in [0.3, 0.4) is 0 Å². The second-order valence-electron chi connectivity index (χ2n) is 6.31. The lowest BCUT2D eigenvalue weighted by molar-refractivity contribution is 0.155. The fourth-order valence-electron chi connectivity index (χ4n) is 2.30. The fourth-order valence-corrected chi connectivity index (χ4v) is 3.17. The number of hydrogen-bond donors (Lipinski definition) is 3. The van der Waals surface area contributed by atoms with E-state index in [-0.39, 0.29) is 12.6 Å². The van der Waals surface area contributed by atoms with E-state index in [0.717, 1.165) is 30.0 Å². The van der Waals surface area contributed by atoms with Crippen molar-refractivity contribution in [2.45, 2.75) is 51.5 Å². The van der Waals surface area contributed by atoms with E-state index in [0.29, 0.717) is 18.4 Å². The van der Waals surface area contributed by atoms with E-state index in [1.54, 1.807) is 11.3 Å². The minimum Gasteiger partial charge on any atom is -0.394 e. The molecule has 0 radical (unpaired) electrons. The van der Waals surface area contributed by atoms with Crippen LogP contribution in [0.1, 0.15) is 50.2 Å². The summed E-state index contributed by atoms with van der Waals surface area (Å²) in [7, 11) is 0. The average Bonchev–Trinajstić information content (AvgIpc) is 3.19. The number of nitrogens with zero attached hydrogens (tertiary/aromatic N) is 1. The molecule has 1 atom stereocenters. The molecule has 1 aliphatic carbocycles. The smallest absolute Gasteiger partial charge is 0.315 e. The van der Waals surface area contributed by atoms with Gasteiger partial charge >= 0.3 is 6.03 Å².